The topological polar surface area (TPSA) is 103 Å². The third kappa shape index (κ3) is 2.70. The average molecular weight is 374 g/mol. The van der Waals surface area contributed by atoms with E-state index in [1.165, 1.54) is 0 Å². The first-order chi connectivity index (χ1) is 13.4. The summed E-state index contributed by atoms with van der Waals surface area (Å²) in [6.45, 7) is 3.40. The van der Waals surface area contributed by atoms with Crippen LogP contribution in [0.2, 0.25) is 0 Å². The first-order valence-electron chi connectivity index (χ1n) is 8.85. The Kier molecular flexibility index (Phi) is 4.11. The van der Waals surface area contributed by atoms with Gasteiger partial charge in [-0.3, -0.25) is 9.79 Å². The predicted octanol–water partition coefficient (Wildman–Crippen LogP) is 3.70. The fourth-order valence-corrected chi connectivity index (χ4v) is 3.71. The highest BCUT2D eigenvalue weighted by Gasteiger charge is 2.31. The zero-order valence-corrected chi connectivity index (χ0v) is 15.4. The highest BCUT2D eigenvalue weighted by Crippen LogP contribution is 2.35. The summed E-state index contributed by atoms with van der Waals surface area (Å²) in [7, 11) is 0. The zero-order chi connectivity index (χ0) is 20.0. The van der Waals surface area contributed by atoms with Gasteiger partial charge in [-0.25, -0.2) is 4.79 Å². The third-order valence-corrected chi connectivity index (χ3v) is 5.04. The maximum absolute atomic E-state index is 12.7. The number of aliphatic carboxylic acids is 1. The minimum Gasteiger partial charge on any atom is -0.494 e. The molecule has 0 radical (unpaired) electrons. The molecule has 2 heterocycles. The maximum atomic E-state index is 12.7. The van der Waals surface area contributed by atoms with Crippen LogP contribution in [0.5, 0.6) is 5.88 Å². The number of carbonyl (C=O) groups is 2. The van der Waals surface area contributed by atoms with Crippen molar-refractivity contribution in [2.24, 2.45) is 4.99 Å². The van der Waals surface area contributed by atoms with Gasteiger partial charge in [-0.1, -0.05) is 42.5 Å². The van der Waals surface area contributed by atoms with Gasteiger partial charge < -0.3 is 15.2 Å². The lowest BCUT2D eigenvalue weighted by atomic mass is 9.97. The van der Waals surface area contributed by atoms with Crippen LogP contribution in [0.25, 0.3) is 10.9 Å². The molecule has 1 aliphatic heterocycles. The first kappa shape index (κ1) is 17.7. The molecule has 3 N–H and O–H groups in total. The van der Waals surface area contributed by atoms with E-state index in [1.54, 1.807) is 56.3 Å². The molecule has 28 heavy (non-hydrogen) atoms. The van der Waals surface area contributed by atoms with E-state index in [9.17, 15) is 19.8 Å². The van der Waals surface area contributed by atoms with Gasteiger partial charge in [0.2, 0.25) is 0 Å². The number of nitrogens with zero attached hydrogens (tertiary/aromatic N) is 1. The van der Waals surface area contributed by atoms with E-state index in [0.29, 0.717) is 38.9 Å². The number of aliphatic imine (C=N–C) groups is 1. The molecule has 1 aliphatic rings. The van der Waals surface area contributed by atoms with Gasteiger partial charge in [-0.05, 0) is 25.5 Å². The van der Waals surface area contributed by atoms with Gasteiger partial charge in [-0.2, -0.15) is 0 Å². The van der Waals surface area contributed by atoms with Crippen molar-refractivity contribution in [3.05, 3.63) is 76.4 Å². The third-order valence-electron chi connectivity index (χ3n) is 5.04. The van der Waals surface area contributed by atoms with Crippen LogP contribution in [0.15, 0.2) is 64.7 Å². The number of carboxylic acid groups (broad SMARTS) is 1. The molecule has 0 amide bonds. The number of hydrogen-bond donors (Lipinski definition) is 3. The van der Waals surface area contributed by atoms with Gasteiger partial charge in [0.25, 0.3) is 0 Å². The summed E-state index contributed by atoms with van der Waals surface area (Å²) in [6.07, 6.45) is 0. The fraction of sp³-hybridized carbons (Fsp3) is 0.136. The van der Waals surface area contributed by atoms with Gasteiger partial charge in [0.15, 0.2) is 11.7 Å². The van der Waals surface area contributed by atoms with Gasteiger partial charge in [0, 0.05) is 22.0 Å². The number of carboxylic acids is 1. The fourth-order valence-electron chi connectivity index (χ4n) is 3.71. The molecule has 6 nitrogen and oxygen atoms in total. The quantitative estimate of drug-likeness (QED) is 0.606. The molecule has 4 rings (SSSR count). The molecule has 0 saturated carbocycles. The van der Waals surface area contributed by atoms with Crippen LogP contribution < -0.4 is 0 Å². The van der Waals surface area contributed by atoms with Crippen molar-refractivity contribution in [1.29, 1.82) is 0 Å². The smallest absolute Gasteiger partial charge is 0.334 e. The van der Waals surface area contributed by atoms with E-state index in [2.05, 4.69) is 9.98 Å². The molecular formula is C22H18N2O4. The van der Waals surface area contributed by atoms with Crippen LogP contribution in [0.4, 0.5) is 0 Å². The minimum absolute atomic E-state index is 0.101. The number of carbonyl (C=O) groups excluding carboxylic acids is 1. The molecule has 0 bridgehead atoms. The van der Waals surface area contributed by atoms with Crippen LogP contribution in [0.1, 0.15) is 35.3 Å². The summed E-state index contributed by atoms with van der Waals surface area (Å²) in [6, 6.07) is 13.6. The predicted molar refractivity (Wildman–Crippen MR) is 106 cm³/mol. The van der Waals surface area contributed by atoms with Crippen molar-refractivity contribution in [2.45, 2.75) is 19.9 Å². The molecule has 6 heteroatoms. The Hall–Kier alpha value is -3.67. The Labute approximate surface area is 160 Å². The largest absolute Gasteiger partial charge is 0.494 e. The van der Waals surface area contributed by atoms with Crippen molar-refractivity contribution in [1.82, 2.24) is 4.98 Å². The van der Waals surface area contributed by atoms with Gasteiger partial charge >= 0.3 is 5.97 Å². The molecule has 2 aromatic carbocycles. The summed E-state index contributed by atoms with van der Waals surface area (Å²) in [5.74, 6) is -1.23. The lowest BCUT2D eigenvalue weighted by molar-refractivity contribution is -0.132. The Morgan fingerprint density at radius 2 is 1.79 bits per heavy atom. The Bertz CT molecular complexity index is 1190. The van der Waals surface area contributed by atoms with Gasteiger partial charge in [0.05, 0.1) is 22.9 Å². The molecule has 0 saturated heterocycles. The summed E-state index contributed by atoms with van der Waals surface area (Å²) >= 11 is 0. The van der Waals surface area contributed by atoms with E-state index in [1.807, 2.05) is 6.07 Å². The van der Waals surface area contributed by atoms with Gasteiger partial charge in [0.1, 0.15) is 0 Å². The molecule has 1 atom stereocenters. The van der Waals surface area contributed by atoms with Crippen molar-refractivity contribution < 1.29 is 19.8 Å². The first-order valence-corrected chi connectivity index (χ1v) is 8.85. The van der Waals surface area contributed by atoms with E-state index in [4.69, 9.17) is 0 Å². The lowest BCUT2D eigenvalue weighted by Gasteiger charge is -2.04. The lowest BCUT2D eigenvalue weighted by Crippen LogP contribution is -2.10. The number of benzene rings is 2. The monoisotopic (exact) mass is 374 g/mol. The van der Waals surface area contributed by atoms with Crippen LogP contribution in [0, 0.1) is 0 Å². The number of rotatable bonds is 4. The molecule has 140 valence electrons. The number of allylic oxidation sites excluding steroid dienone is 1. The SMILES string of the molecule is CC1=C(C(=O)O)C(C)N=C1c1c(O)[nH]c2cc(C(=O)c3ccccc3)ccc12. The number of aromatic amines is 1. The summed E-state index contributed by atoms with van der Waals surface area (Å²) in [5, 5.41) is 20.6. The molecule has 1 unspecified atom stereocenters. The van der Waals surface area contributed by atoms with Crippen molar-refractivity contribution >= 4 is 28.4 Å². The second kappa shape index (κ2) is 6.49. The molecule has 0 aliphatic carbocycles. The second-order valence-electron chi connectivity index (χ2n) is 6.80. The van der Waals surface area contributed by atoms with Crippen molar-refractivity contribution in [3.8, 4) is 5.88 Å². The molecule has 3 aromatic rings. The van der Waals surface area contributed by atoms with E-state index in [-0.39, 0.29) is 17.2 Å². The van der Waals surface area contributed by atoms with Crippen LogP contribution in [-0.4, -0.2) is 38.7 Å². The van der Waals surface area contributed by atoms with Crippen LogP contribution in [-0.2, 0) is 4.79 Å². The number of ketones is 1. The average Bonchev–Trinajstić information content (AvgIpc) is 3.15. The Balaban J connectivity index is 1.81. The van der Waals surface area contributed by atoms with E-state index >= 15 is 0 Å². The Morgan fingerprint density at radius 1 is 1.07 bits per heavy atom. The highest BCUT2D eigenvalue weighted by atomic mass is 16.4. The van der Waals surface area contributed by atoms with E-state index < -0.39 is 12.0 Å². The van der Waals surface area contributed by atoms with Crippen molar-refractivity contribution in [2.75, 3.05) is 0 Å². The Morgan fingerprint density at radius 3 is 2.43 bits per heavy atom. The molecule has 1 aromatic heterocycles. The number of aromatic hydroxyl groups is 1. The number of fused-ring (bicyclic) bond motifs is 1. The number of hydrogen-bond acceptors (Lipinski definition) is 4. The van der Waals surface area contributed by atoms with Crippen LogP contribution in [0.3, 0.4) is 0 Å². The summed E-state index contributed by atoms with van der Waals surface area (Å²) in [5.41, 5.74) is 3.31. The second-order valence-corrected chi connectivity index (χ2v) is 6.80. The van der Waals surface area contributed by atoms with Crippen molar-refractivity contribution in [3.63, 3.8) is 0 Å². The minimum atomic E-state index is -1.01. The number of nitrogens with one attached hydrogen (secondary N) is 1. The zero-order valence-electron chi connectivity index (χ0n) is 15.4. The molecular weight excluding hydrogens is 356 g/mol. The van der Waals surface area contributed by atoms with Crippen LogP contribution >= 0.6 is 0 Å². The van der Waals surface area contributed by atoms with E-state index in [0.717, 1.165) is 0 Å². The summed E-state index contributed by atoms with van der Waals surface area (Å²) in [4.78, 5) is 31.5. The van der Waals surface area contributed by atoms with Gasteiger partial charge in [-0.15, -0.1) is 0 Å². The number of aromatic nitrogens is 1. The normalized spacial score (nSPS) is 16.5. The summed E-state index contributed by atoms with van der Waals surface area (Å²) < 4.78 is 0. The maximum Gasteiger partial charge on any atom is 0.334 e. The molecule has 0 fully saturated rings. The number of H-pyrrole nitrogens is 1. The highest BCUT2D eigenvalue weighted by molar-refractivity contribution is 6.24. The molecule has 0 spiro atoms. The standard InChI is InChI=1S/C22H18N2O4/c1-11-17(22(27)28)12(2)23-19(11)18-15-9-8-14(10-16(15)24-21(18)26)20(25)13-6-4-3-5-7-13/h3-10,12,24,26H,1-2H3,(H,27,28).